The molecule has 4 atom stereocenters. The fourth-order valence-electron chi connectivity index (χ4n) is 4.63. The normalized spacial score (nSPS) is 47.8. The monoisotopic (exact) mass is 252 g/mol. The third kappa shape index (κ3) is 2.02. The lowest BCUT2D eigenvalue weighted by Gasteiger charge is -2.54. The van der Waals surface area contributed by atoms with Crippen molar-refractivity contribution < 1.29 is 9.84 Å². The summed E-state index contributed by atoms with van der Waals surface area (Å²) in [5.41, 5.74) is -0.236. The fraction of sp³-hybridized carbons (Fsp3) is 1.00. The molecule has 2 nitrogen and oxygen atoms in total. The van der Waals surface area contributed by atoms with Crippen molar-refractivity contribution in [1.82, 2.24) is 0 Å². The molecular formula is C16H28O2. The lowest BCUT2D eigenvalue weighted by atomic mass is 9.60. The molecule has 0 amide bonds. The zero-order valence-electron chi connectivity index (χ0n) is 12.0. The van der Waals surface area contributed by atoms with Crippen LogP contribution in [0.15, 0.2) is 0 Å². The molecule has 1 heterocycles. The average Bonchev–Trinajstić information content (AvgIpc) is 2.33. The van der Waals surface area contributed by atoms with E-state index in [1.165, 1.54) is 32.1 Å². The Balaban J connectivity index is 1.72. The SMILES string of the molecule is CC1CCC(O)(C2CCOC3(CCC3)C2)C(C)C1. The molecule has 1 spiro atoms. The van der Waals surface area contributed by atoms with Gasteiger partial charge in [-0.15, -0.1) is 0 Å². The predicted octanol–water partition coefficient (Wildman–Crippen LogP) is 3.52. The van der Waals surface area contributed by atoms with Gasteiger partial charge in [0, 0.05) is 6.61 Å². The molecule has 3 fully saturated rings. The molecule has 18 heavy (non-hydrogen) atoms. The molecule has 0 radical (unpaired) electrons. The molecule has 0 bridgehead atoms. The minimum Gasteiger partial charge on any atom is -0.389 e. The first-order valence-corrected chi connectivity index (χ1v) is 7.90. The fourth-order valence-corrected chi connectivity index (χ4v) is 4.63. The van der Waals surface area contributed by atoms with E-state index in [0.29, 0.717) is 11.8 Å². The van der Waals surface area contributed by atoms with Crippen LogP contribution in [-0.4, -0.2) is 22.9 Å². The number of ether oxygens (including phenoxy) is 1. The largest absolute Gasteiger partial charge is 0.389 e. The van der Waals surface area contributed by atoms with Crippen molar-refractivity contribution in [3.05, 3.63) is 0 Å². The van der Waals surface area contributed by atoms with Gasteiger partial charge >= 0.3 is 0 Å². The van der Waals surface area contributed by atoms with E-state index >= 15 is 0 Å². The highest BCUT2D eigenvalue weighted by Gasteiger charge is 2.51. The van der Waals surface area contributed by atoms with Crippen molar-refractivity contribution in [2.24, 2.45) is 17.8 Å². The summed E-state index contributed by atoms with van der Waals surface area (Å²) < 4.78 is 6.01. The summed E-state index contributed by atoms with van der Waals surface area (Å²) in [6.07, 6.45) is 9.35. The zero-order chi connectivity index (χ0) is 12.8. The molecule has 1 N–H and O–H groups in total. The Morgan fingerprint density at radius 3 is 2.50 bits per heavy atom. The Kier molecular flexibility index (Phi) is 3.22. The minimum absolute atomic E-state index is 0.168. The van der Waals surface area contributed by atoms with Crippen molar-refractivity contribution in [1.29, 1.82) is 0 Å². The van der Waals surface area contributed by atoms with Crippen LogP contribution in [0.4, 0.5) is 0 Å². The highest BCUT2D eigenvalue weighted by molar-refractivity contribution is 5.02. The topological polar surface area (TPSA) is 29.5 Å². The summed E-state index contributed by atoms with van der Waals surface area (Å²) in [5.74, 6) is 1.73. The van der Waals surface area contributed by atoms with E-state index in [-0.39, 0.29) is 5.60 Å². The van der Waals surface area contributed by atoms with Crippen LogP contribution in [0.1, 0.15) is 65.2 Å². The highest BCUT2D eigenvalue weighted by Crippen LogP contribution is 2.51. The summed E-state index contributed by atoms with van der Waals surface area (Å²) >= 11 is 0. The summed E-state index contributed by atoms with van der Waals surface area (Å²) in [5, 5.41) is 11.2. The lowest BCUT2D eigenvalue weighted by Crippen LogP contribution is -2.55. The quantitative estimate of drug-likeness (QED) is 0.773. The van der Waals surface area contributed by atoms with Gasteiger partial charge in [0.15, 0.2) is 0 Å². The number of aliphatic hydroxyl groups is 1. The summed E-state index contributed by atoms with van der Waals surface area (Å²) in [6, 6.07) is 0. The molecule has 0 aromatic rings. The van der Waals surface area contributed by atoms with E-state index in [4.69, 9.17) is 4.74 Å². The van der Waals surface area contributed by atoms with Crippen molar-refractivity contribution in [2.75, 3.05) is 6.61 Å². The van der Waals surface area contributed by atoms with Crippen LogP contribution in [-0.2, 0) is 4.74 Å². The second-order valence-electron chi connectivity index (χ2n) is 7.35. The second-order valence-corrected chi connectivity index (χ2v) is 7.35. The van der Waals surface area contributed by atoms with Gasteiger partial charge in [-0.2, -0.15) is 0 Å². The van der Waals surface area contributed by atoms with Crippen molar-refractivity contribution in [3.8, 4) is 0 Å². The van der Waals surface area contributed by atoms with Gasteiger partial charge in [-0.25, -0.2) is 0 Å². The highest BCUT2D eigenvalue weighted by atomic mass is 16.5. The van der Waals surface area contributed by atoms with E-state index in [1.807, 2.05) is 0 Å². The van der Waals surface area contributed by atoms with E-state index in [1.54, 1.807) is 0 Å². The van der Waals surface area contributed by atoms with E-state index in [2.05, 4.69) is 13.8 Å². The molecule has 0 aromatic heterocycles. The molecule has 3 rings (SSSR count). The smallest absolute Gasteiger partial charge is 0.0703 e. The third-order valence-corrected chi connectivity index (χ3v) is 6.11. The van der Waals surface area contributed by atoms with E-state index in [9.17, 15) is 5.11 Å². The molecule has 4 unspecified atom stereocenters. The third-order valence-electron chi connectivity index (χ3n) is 6.11. The first kappa shape index (κ1) is 12.9. The minimum atomic E-state index is -0.404. The first-order chi connectivity index (χ1) is 8.54. The Morgan fingerprint density at radius 2 is 1.89 bits per heavy atom. The standard InChI is InChI=1S/C16H28O2/c1-12-4-8-16(17,13(2)10-12)14-5-9-18-15(11-14)6-3-7-15/h12-14,17H,3-11H2,1-2H3. The zero-order valence-corrected chi connectivity index (χ0v) is 12.0. The first-order valence-electron chi connectivity index (χ1n) is 7.90. The van der Waals surface area contributed by atoms with E-state index < -0.39 is 5.60 Å². The maximum Gasteiger partial charge on any atom is 0.0703 e. The van der Waals surface area contributed by atoms with Gasteiger partial charge < -0.3 is 9.84 Å². The van der Waals surface area contributed by atoms with Gasteiger partial charge in [-0.05, 0) is 69.1 Å². The molecule has 3 aliphatic rings. The van der Waals surface area contributed by atoms with Crippen molar-refractivity contribution in [2.45, 2.75) is 76.4 Å². The van der Waals surface area contributed by atoms with Crippen molar-refractivity contribution in [3.63, 3.8) is 0 Å². The van der Waals surface area contributed by atoms with Gasteiger partial charge in [-0.1, -0.05) is 13.8 Å². The maximum absolute atomic E-state index is 11.2. The number of rotatable bonds is 1. The van der Waals surface area contributed by atoms with Gasteiger partial charge in [-0.3, -0.25) is 0 Å². The molecule has 1 aliphatic heterocycles. The number of hydrogen-bond donors (Lipinski definition) is 1. The van der Waals surface area contributed by atoms with Crippen molar-refractivity contribution >= 4 is 0 Å². The summed E-state index contributed by atoms with van der Waals surface area (Å²) in [7, 11) is 0. The Labute approximate surface area is 111 Å². The van der Waals surface area contributed by atoms with Crippen LogP contribution in [0.25, 0.3) is 0 Å². The second kappa shape index (κ2) is 4.49. The van der Waals surface area contributed by atoms with Crippen LogP contribution < -0.4 is 0 Å². The summed E-state index contributed by atoms with van der Waals surface area (Å²) in [6.45, 7) is 5.46. The Bertz CT molecular complexity index is 310. The Morgan fingerprint density at radius 1 is 1.11 bits per heavy atom. The molecule has 1 saturated heterocycles. The van der Waals surface area contributed by atoms with Gasteiger partial charge in [0.25, 0.3) is 0 Å². The Hall–Kier alpha value is -0.0800. The van der Waals surface area contributed by atoms with Crippen LogP contribution in [0.2, 0.25) is 0 Å². The lowest BCUT2D eigenvalue weighted by molar-refractivity contribution is -0.193. The average molecular weight is 252 g/mol. The van der Waals surface area contributed by atoms with Gasteiger partial charge in [0.05, 0.1) is 11.2 Å². The molecule has 2 saturated carbocycles. The molecule has 0 aromatic carbocycles. The maximum atomic E-state index is 11.2. The van der Waals surface area contributed by atoms with Crippen LogP contribution in [0.3, 0.4) is 0 Å². The molecule has 104 valence electrons. The van der Waals surface area contributed by atoms with Crippen LogP contribution in [0, 0.1) is 17.8 Å². The molecule has 2 aliphatic carbocycles. The van der Waals surface area contributed by atoms with Crippen LogP contribution in [0.5, 0.6) is 0 Å². The van der Waals surface area contributed by atoms with Gasteiger partial charge in [0.1, 0.15) is 0 Å². The summed E-state index contributed by atoms with van der Waals surface area (Å²) in [4.78, 5) is 0. The van der Waals surface area contributed by atoms with Crippen LogP contribution >= 0.6 is 0 Å². The predicted molar refractivity (Wildman–Crippen MR) is 72.4 cm³/mol. The van der Waals surface area contributed by atoms with E-state index in [0.717, 1.165) is 31.8 Å². The number of hydrogen-bond acceptors (Lipinski definition) is 2. The van der Waals surface area contributed by atoms with Gasteiger partial charge in [0.2, 0.25) is 0 Å². The molecular weight excluding hydrogens is 224 g/mol. The molecule has 2 heteroatoms.